The van der Waals surface area contributed by atoms with E-state index in [1.807, 2.05) is 0 Å². The molecule has 4 aromatic rings. The fourth-order valence-electron chi connectivity index (χ4n) is 6.08. The van der Waals surface area contributed by atoms with Gasteiger partial charge >= 0.3 is 0 Å². The van der Waals surface area contributed by atoms with Gasteiger partial charge < -0.3 is 0 Å². The van der Waals surface area contributed by atoms with Crippen LogP contribution in [0.3, 0.4) is 0 Å². The number of aromatic nitrogens is 1. The van der Waals surface area contributed by atoms with Gasteiger partial charge in [-0.05, 0) is 101 Å². The van der Waals surface area contributed by atoms with E-state index in [4.69, 9.17) is 4.98 Å². The smallest absolute Gasteiger partial charge is 0.0717 e. The molecule has 5 rings (SSSR count). The highest BCUT2D eigenvalue weighted by Crippen LogP contribution is 2.43. The summed E-state index contributed by atoms with van der Waals surface area (Å²) in [6, 6.07) is 20.5. The number of fused-ring (bicyclic) bond motifs is 2. The van der Waals surface area contributed by atoms with Crippen molar-refractivity contribution in [3.63, 3.8) is 0 Å². The molecule has 1 heterocycles. The second-order valence-corrected chi connectivity index (χ2v) is 11.8. The van der Waals surface area contributed by atoms with Crippen molar-refractivity contribution in [2.45, 2.75) is 79.1 Å². The molecule has 0 radical (unpaired) electrons. The molecule has 0 unspecified atom stereocenters. The molecule has 0 aliphatic heterocycles. The molecule has 1 heteroatoms. The van der Waals surface area contributed by atoms with Gasteiger partial charge in [-0.3, -0.25) is 0 Å². The van der Waals surface area contributed by atoms with Gasteiger partial charge in [0, 0.05) is 10.9 Å². The molecule has 0 bridgehead atoms. The monoisotopic (exact) mass is 435 g/mol. The van der Waals surface area contributed by atoms with Gasteiger partial charge in [-0.25, -0.2) is 4.98 Å². The lowest BCUT2D eigenvalue weighted by molar-refractivity contribution is 0.335. The summed E-state index contributed by atoms with van der Waals surface area (Å²) in [6.07, 6.45) is 6.54. The normalized spacial score (nSPS) is 16.1. The Morgan fingerprint density at radius 2 is 1.64 bits per heavy atom. The van der Waals surface area contributed by atoms with Gasteiger partial charge in [0.15, 0.2) is 0 Å². The van der Waals surface area contributed by atoms with Crippen LogP contribution in [0.15, 0.2) is 54.6 Å². The summed E-state index contributed by atoms with van der Waals surface area (Å²) in [7, 11) is 0. The third-order valence-electron chi connectivity index (χ3n) is 7.73. The Morgan fingerprint density at radius 3 is 2.36 bits per heavy atom. The molecule has 1 aromatic heterocycles. The Morgan fingerprint density at radius 1 is 0.909 bits per heavy atom. The van der Waals surface area contributed by atoms with E-state index < -0.39 is 0 Å². The second kappa shape index (κ2) is 7.97. The van der Waals surface area contributed by atoms with Crippen LogP contribution in [0.4, 0.5) is 0 Å². The predicted octanol–water partition coefficient (Wildman–Crippen LogP) is 9.09. The van der Waals surface area contributed by atoms with Gasteiger partial charge in [0.25, 0.3) is 0 Å². The number of pyridine rings is 1. The minimum Gasteiger partial charge on any atom is -0.248 e. The van der Waals surface area contributed by atoms with Crippen molar-refractivity contribution >= 4 is 21.7 Å². The van der Waals surface area contributed by atoms with Crippen LogP contribution in [0, 0.1) is 19.3 Å². The maximum atomic E-state index is 5.26. The number of nitrogens with zero attached hydrogens (tertiary/aromatic N) is 1. The number of hydrogen-bond acceptors (Lipinski definition) is 1. The molecule has 0 spiro atoms. The Labute approximate surface area is 199 Å². The zero-order valence-electron chi connectivity index (χ0n) is 21.2. The van der Waals surface area contributed by atoms with Crippen LogP contribution >= 0.6 is 0 Å². The average molecular weight is 436 g/mol. The van der Waals surface area contributed by atoms with E-state index in [1.54, 1.807) is 0 Å². The van der Waals surface area contributed by atoms with E-state index in [-0.39, 0.29) is 5.41 Å². The van der Waals surface area contributed by atoms with Gasteiger partial charge in [0.05, 0.1) is 11.2 Å². The van der Waals surface area contributed by atoms with Crippen LogP contribution in [0.5, 0.6) is 0 Å². The predicted molar refractivity (Wildman–Crippen MR) is 143 cm³/mol. The third-order valence-corrected chi connectivity index (χ3v) is 7.73. The summed E-state index contributed by atoms with van der Waals surface area (Å²) in [5, 5.41) is 4.01. The number of hydrogen-bond donors (Lipinski definition) is 0. The van der Waals surface area contributed by atoms with E-state index in [9.17, 15) is 0 Å². The van der Waals surface area contributed by atoms with Crippen LogP contribution in [0.25, 0.3) is 32.9 Å². The highest BCUT2D eigenvalue weighted by atomic mass is 14.7. The van der Waals surface area contributed by atoms with Crippen molar-refractivity contribution < 1.29 is 0 Å². The molecular formula is C32H37N. The van der Waals surface area contributed by atoms with E-state index in [2.05, 4.69) is 96.1 Å². The van der Waals surface area contributed by atoms with Gasteiger partial charge in [-0.15, -0.1) is 0 Å². The molecule has 170 valence electrons. The molecule has 1 aliphatic carbocycles. The first-order chi connectivity index (χ1) is 15.6. The fraction of sp³-hybridized carbons (Fsp3) is 0.406. The largest absolute Gasteiger partial charge is 0.248 e. The highest BCUT2D eigenvalue weighted by molar-refractivity contribution is 5.93. The van der Waals surface area contributed by atoms with Gasteiger partial charge in [0.2, 0.25) is 0 Å². The van der Waals surface area contributed by atoms with Crippen LogP contribution in [0.2, 0.25) is 0 Å². The van der Waals surface area contributed by atoms with Gasteiger partial charge in [-0.2, -0.15) is 0 Å². The summed E-state index contributed by atoms with van der Waals surface area (Å²) in [6.45, 7) is 13.9. The minimum absolute atomic E-state index is 0.0692. The van der Waals surface area contributed by atoms with Crippen LogP contribution in [0.1, 0.15) is 75.6 Å². The molecule has 0 amide bonds. The van der Waals surface area contributed by atoms with E-state index in [0.29, 0.717) is 5.41 Å². The molecule has 1 saturated carbocycles. The van der Waals surface area contributed by atoms with Crippen molar-refractivity contribution in [2.75, 3.05) is 0 Å². The third kappa shape index (κ3) is 4.19. The number of benzene rings is 3. The lowest BCUT2D eigenvalue weighted by atomic mass is 9.80. The van der Waals surface area contributed by atoms with Crippen molar-refractivity contribution in [3.8, 4) is 11.3 Å². The van der Waals surface area contributed by atoms with Gasteiger partial charge in [0.1, 0.15) is 0 Å². The first kappa shape index (κ1) is 22.1. The van der Waals surface area contributed by atoms with Crippen LogP contribution in [-0.2, 0) is 11.8 Å². The summed E-state index contributed by atoms with van der Waals surface area (Å²) < 4.78 is 0. The van der Waals surface area contributed by atoms with Gasteiger partial charge in [-0.1, -0.05) is 70.9 Å². The molecule has 0 saturated heterocycles. The summed E-state index contributed by atoms with van der Waals surface area (Å²) >= 11 is 0. The quantitative estimate of drug-likeness (QED) is 0.313. The number of aryl methyl sites for hydroxylation is 2. The maximum Gasteiger partial charge on any atom is 0.0717 e. The Kier molecular flexibility index (Phi) is 5.35. The Bertz CT molecular complexity index is 1350. The van der Waals surface area contributed by atoms with E-state index >= 15 is 0 Å². The fourth-order valence-corrected chi connectivity index (χ4v) is 6.08. The first-order valence-corrected chi connectivity index (χ1v) is 12.6. The average Bonchev–Trinajstić information content (AvgIpc) is 3.17. The molecule has 33 heavy (non-hydrogen) atoms. The summed E-state index contributed by atoms with van der Waals surface area (Å²) in [4.78, 5) is 5.26. The lowest BCUT2D eigenvalue weighted by Gasteiger charge is -2.26. The molecular weight excluding hydrogens is 398 g/mol. The van der Waals surface area contributed by atoms with Crippen LogP contribution < -0.4 is 0 Å². The van der Waals surface area contributed by atoms with Crippen molar-refractivity contribution in [1.29, 1.82) is 0 Å². The summed E-state index contributed by atoms with van der Waals surface area (Å²) in [5.74, 6) is 0. The molecule has 1 aliphatic rings. The standard InChI is InChI=1S/C32H37N/c1-21-15-22(2)30-25(20-32(6)13-9-10-14-32)19-28(33-29(30)16-21)24-17-23-11-7-8-12-26(23)27(18-24)31(3,4)5/h7-8,11-12,15-19H,9-10,13-14,20H2,1-6H3. The first-order valence-electron chi connectivity index (χ1n) is 12.6. The highest BCUT2D eigenvalue weighted by Gasteiger charge is 2.30. The van der Waals surface area contributed by atoms with Crippen molar-refractivity contribution in [1.82, 2.24) is 4.98 Å². The zero-order valence-corrected chi connectivity index (χ0v) is 21.2. The van der Waals surface area contributed by atoms with E-state index in [1.165, 1.54) is 69.7 Å². The Balaban J connectivity index is 1.76. The lowest BCUT2D eigenvalue weighted by Crippen LogP contribution is -2.15. The molecule has 1 fully saturated rings. The van der Waals surface area contributed by atoms with Crippen LogP contribution in [-0.4, -0.2) is 4.98 Å². The molecule has 0 atom stereocenters. The Hall–Kier alpha value is -2.67. The summed E-state index contributed by atoms with van der Waals surface area (Å²) in [5.41, 5.74) is 9.48. The zero-order chi connectivity index (χ0) is 23.4. The molecule has 3 aromatic carbocycles. The SMILES string of the molecule is Cc1cc(C)c2c(CC3(C)CCCC3)cc(-c3cc(C(C)(C)C)c4ccccc4c3)nc2c1. The second-order valence-electron chi connectivity index (χ2n) is 11.8. The molecule has 0 N–H and O–H groups in total. The topological polar surface area (TPSA) is 12.9 Å². The van der Waals surface area contributed by atoms with Crippen molar-refractivity contribution in [2.24, 2.45) is 5.41 Å². The maximum absolute atomic E-state index is 5.26. The number of rotatable bonds is 3. The minimum atomic E-state index is 0.0692. The van der Waals surface area contributed by atoms with E-state index in [0.717, 1.165) is 17.6 Å². The van der Waals surface area contributed by atoms with Crippen molar-refractivity contribution in [3.05, 3.63) is 76.9 Å². The molecule has 1 nitrogen and oxygen atoms in total.